The zero-order valence-electron chi connectivity index (χ0n) is 22.5. The van der Waals surface area contributed by atoms with Gasteiger partial charge in [0, 0.05) is 18.6 Å². The fourth-order valence-electron chi connectivity index (χ4n) is 4.81. The van der Waals surface area contributed by atoms with Crippen LogP contribution in [0.1, 0.15) is 48.2 Å². The van der Waals surface area contributed by atoms with Crippen LogP contribution in [0.5, 0.6) is 11.5 Å². The Hall–Kier alpha value is -3.80. The molecule has 0 heterocycles. The van der Waals surface area contributed by atoms with Crippen molar-refractivity contribution in [3.63, 3.8) is 0 Å². The number of aliphatic hydroxyl groups excluding tert-OH is 1. The van der Waals surface area contributed by atoms with Gasteiger partial charge in [-0.05, 0) is 66.8 Å². The van der Waals surface area contributed by atoms with Crippen LogP contribution in [0, 0.1) is 0 Å². The first-order chi connectivity index (χ1) is 18.4. The molecule has 4 aromatic rings. The first-order valence-electron chi connectivity index (χ1n) is 13.1. The average molecular weight is 511 g/mol. The maximum absolute atomic E-state index is 11.3. The summed E-state index contributed by atoms with van der Waals surface area (Å²) in [6, 6.07) is 34.5. The molecule has 3 atom stereocenters. The monoisotopic (exact) mass is 510 g/mol. The Balaban J connectivity index is 1.49. The van der Waals surface area contributed by atoms with Gasteiger partial charge in [0.15, 0.2) is 0 Å². The zero-order chi connectivity index (χ0) is 26.9. The maximum Gasteiger partial charge on any atom is 0.142 e. The number of rotatable bonds is 12. The van der Waals surface area contributed by atoms with Gasteiger partial charge in [0.05, 0.1) is 18.9 Å². The van der Waals surface area contributed by atoms with Crippen molar-refractivity contribution in [3.05, 3.63) is 125 Å². The molecule has 0 aliphatic heterocycles. The van der Waals surface area contributed by atoms with Crippen molar-refractivity contribution in [2.45, 2.75) is 45.1 Å². The van der Waals surface area contributed by atoms with Gasteiger partial charge in [-0.15, -0.1) is 0 Å². The van der Waals surface area contributed by atoms with E-state index in [1.165, 1.54) is 11.1 Å². The fourth-order valence-corrected chi connectivity index (χ4v) is 4.81. The molecule has 4 rings (SSSR count). The number of benzene rings is 4. The van der Waals surface area contributed by atoms with Crippen molar-refractivity contribution in [2.24, 2.45) is 0 Å². The molecule has 38 heavy (non-hydrogen) atoms. The summed E-state index contributed by atoms with van der Waals surface area (Å²) < 4.78 is 11.2. The molecule has 0 spiro atoms. The molecule has 198 valence electrons. The van der Waals surface area contributed by atoms with E-state index in [1.807, 2.05) is 66.7 Å². The molecule has 0 radical (unpaired) electrons. The van der Waals surface area contributed by atoms with E-state index >= 15 is 0 Å². The Bertz CT molecular complexity index is 1260. The smallest absolute Gasteiger partial charge is 0.142 e. The Morgan fingerprint density at radius 2 is 1.45 bits per heavy atom. The summed E-state index contributed by atoms with van der Waals surface area (Å²) in [5, 5.41) is 11.3. The summed E-state index contributed by atoms with van der Waals surface area (Å²) in [5.74, 6) is 1.47. The normalized spacial score (nSPS) is 13.6. The summed E-state index contributed by atoms with van der Waals surface area (Å²) in [7, 11) is 1.68. The number of anilines is 1. The summed E-state index contributed by atoms with van der Waals surface area (Å²) >= 11 is 0. The van der Waals surface area contributed by atoms with Crippen LogP contribution < -0.4 is 15.2 Å². The molecule has 0 bridgehead atoms. The highest BCUT2D eigenvalue weighted by molar-refractivity contribution is 5.54. The summed E-state index contributed by atoms with van der Waals surface area (Å²) in [6.45, 7) is 5.32. The highest BCUT2D eigenvalue weighted by Crippen LogP contribution is 2.30. The van der Waals surface area contributed by atoms with E-state index in [-0.39, 0.29) is 12.1 Å². The summed E-state index contributed by atoms with van der Waals surface area (Å²) in [6.07, 6.45) is 0.146. The standard InChI is InChI=1S/C33H38N2O3/c1-24(20-26-14-17-30(37-3)18-15-26)35(25(2)28-12-8-5-9-13-28)22-32(36)29-16-19-33(31(34)21-29)38-23-27-10-6-4-7-11-27/h4-19,21,24-25,32,36H,20,22-23,34H2,1-3H3/t24?,25-,32+/m1/s1. The van der Waals surface area contributed by atoms with E-state index in [2.05, 4.69) is 55.1 Å². The minimum Gasteiger partial charge on any atom is -0.497 e. The van der Waals surface area contributed by atoms with Gasteiger partial charge >= 0.3 is 0 Å². The molecule has 0 amide bonds. The second kappa shape index (κ2) is 13.1. The molecule has 0 aliphatic rings. The lowest BCUT2D eigenvalue weighted by atomic mass is 9.99. The first-order valence-corrected chi connectivity index (χ1v) is 13.1. The predicted molar refractivity (Wildman–Crippen MR) is 154 cm³/mol. The topological polar surface area (TPSA) is 68.0 Å². The Labute approximate surface area is 226 Å². The number of ether oxygens (including phenoxy) is 2. The first kappa shape index (κ1) is 27.2. The number of hydrogen-bond acceptors (Lipinski definition) is 5. The fraction of sp³-hybridized carbons (Fsp3) is 0.273. The van der Waals surface area contributed by atoms with Crippen LogP contribution in [0.15, 0.2) is 103 Å². The van der Waals surface area contributed by atoms with Crippen LogP contribution in [-0.2, 0) is 13.0 Å². The number of aliphatic hydroxyl groups is 1. The van der Waals surface area contributed by atoms with Crippen LogP contribution in [0.25, 0.3) is 0 Å². The van der Waals surface area contributed by atoms with Crippen LogP contribution in [0.3, 0.4) is 0 Å². The number of nitrogen functional groups attached to an aromatic ring is 1. The van der Waals surface area contributed by atoms with E-state index in [0.717, 1.165) is 23.3 Å². The van der Waals surface area contributed by atoms with Gasteiger partial charge in [0.2, 0.25) is 0 Å². The lowest BCUT2D eigenvalue weighted by Gasteiger charge is -2.36. The van der Waals surface area contributed by atoms with Crippen LogP contribution in [0.2, 0.25) is 0 Å². The Morgan fingerprint density at radius 3 is 2.08 bits per heavy atom. The molecule has 4 aromatic carbocycles. The van der Waals surface area contributed by atoms with E-state index in [1.54, 1.807) is 7.11 Å². The van der Waals surface area contributed by atoms with E-state index in [4.69, 9.17) is 15.2 Å². The largest absolute Gasteiger partial charge is 0.497 e. The van der Waals surface area contributed by atoms with Crippen LogP contribution in [0.4, 0.5) is 5.69 Å². The van der Waals surface area contributed by atoms with Gasteiger partial charge in [-0.1, -0.05) is 78.9 Å². The van der Waals surface area contributed by atoms with Crippen LogP contribution >= 0.6 is 0 Å². The van der Waals surface area contributed by atoms with Gasteiger partial charge in [-0.25, -0.2) is 0 Å². The maximum atomic E-state index is 11.3. The molecule has 0 aromatic heterocycles. The van der Waals surface area contributed by atoms with Gasteiger partial charge in [0.25, 0.3) is 0 Å². The second-order valence-corrected chi connectivity index (χ2v) is 9.77. The number of hydrogen-bond donors (Lipinski definition) is 2. The Morgan fingerprint density at radius 1 is 0.789 bits per heavy atom. The van der Waals surface area contributed by atoms with Crippen molar-refractivity contribution >= 4 is 5.69 Å². The van der Waals surface area contributed by atoms with Crippen molar-refractivity contribution < 1.29 is 14.6 Å². The number of methoxy groups -OCH3 is 1. The molecular formula is C33H38N2O3. The van der Waals surface area contributed by atoms with Crippen molar-refractivity contribution in [1.29, 1.82) is 0 Å². The van der Waals surface area contributed by atoms with Gasteiger partial charge in [-0.2, -0.15) is 0 Å². The van der Waals surface area contributed by atoms with E-state index in [9.17, 15) is 5.11 Å². The SMILES string of the molecule is COc1ccc(CC(C)N(C[C@H](O)c2ccc(OCc3ccccc3)c(N)c2)[C@H](C)c2ccccc2)cc1. The zero-order valence-corrected chi connectivity index (χ0v) is 22.5. The predicted octanol–water partition coefficient (Wildman–Crippen LogP) is 6.58. The minimum absolute atomic E-state index is 0.116. The third-order valence-electron chi connectivity index (χ3n) is 7.08. The molecule has 0 fully saturated rings. The lowest BCUT2D eigenvalue weighted by molar-refractivity contribution is 0.0649. The molecule has 3 N–H and O–H groups in total. The highest BCUT2D eigenvalue weighted by Gasteiger charge is 2.25. The molecule has 1 unspecified atom stereocenters. The van der Waals surface area contributed by atoms with Gasteiger partial charge < -0.3 is 20.3 Å². The molecular weight excluding hydrogens is 472 g/mol. The third kappa shape index (κ3) is 7.15. The minimum atomic E-state index is -0.704. The highest BCUT2D eigenvalue weighted by atomic mass is 16.5. The number of nitrogens with two attached hydrogens (primary N) is 1. The van der Waals surface area contributed by atoms with Crippen molar-refractivity contribution in [2.75, 3.05) is 19.4 Å². The molecule has 0 aliphatic carbocycles. The quantitative estimate of drug-likeness (QED) is 0.211. The summed E-state index contributed by atoms with van der Waals surface area (Å²) in [4.78, 5) is 2.36. The van der Waals surface area contributed by atoms with Crippen molar-refractivity contribution in [1.82, 2.24) is 4.90 Å². The van der Waals surface area contributed by atoms with Crippen molar-refractivity contribution in [3.8, 4) is 11.5 Å². The molecule has 5 heteroatoms. The molecule has 0 saturated heterocycles. The van der Waals surface area contributed by atoms with E-state index < -0.39 is 6.10 Å². The summed E-state index contributed by atoms with van der Waals surface area (Å²) in [5.41, 5.74) is 11.1. The van der Waals surface area contributed by atoms with Crippen LogP contribution in [-0.4, -0.2) is 29.7 Å². The number of nitrogens with zero attached hydrogens (tertiary/aromatic N) is 1. The third-order valence-corrected chi connectivity index (χ3v) is 7.08. The molecule has 5 nitrogen and oxygen atoms in total. The lowest BCUT2D eigenvalue weighted by Crippen LogP contribution is -2.39. The van der Waals surface area contributed by atoms with E-state index in [0.29, 0.717) is 24.6 Å². The molecule has 0 saturated carbocycles. The average Bonchev–Trinajstić information content (AvgIpc) is 2.96. The second-order valence-electron chi connectivity index (χ2n) is 9.77. The Kier molecular flexibility index (Phi) is 9.41. The van der Waals surface area contributed by atoms with Gasteiger partial charge in [0.1, 0.15) is 18.1 Å². The van der Waals surface area contributed by atoms with Gasteiger partial charge in [-0.3, -0.25) is 4.90 Å².